The predicted molar refractivity (Wildman–Crippen MR) is 136 cm³/mol. The quantitative estimate of drug-likeness (QED) is 0.348. The van der Waals surface area contributed by atoms with Crippen LogP contribution in [0.15, 0.2) is 58.3 Å². The van der Waals surface area contributed by atoms with Crippen LogP contribution in [0.25, 0.3) is 28.1 Å². The molecule has 1 aliphatic heterocycles. The molecular formula is C24H25FN8O2S. The van der Waals surface area contributed by atoms with Crippen molar-refractivity contribution in [2.24, 2.45) is 0 Å². The van der Waals surface area contributed by atoms with Gasteiger partial charge in [-0.1, -0.05) is 0 Å². The Bertz CT molecular complexity index is 1520. The van der Waals surface area contributed by atoms with Crippen LogP contribution in [0.5, 0.6) is 0 Å². The topological polar surface area (TPSA) is 117 Å². The van der Waals surface area contributed by atoms with E-state index in [1.807, 2.05) is 27.7 Å². The molecule has 5 heterocycles. The van der Waals surface area contributed by atoms with E-state index in [4.69, 9.17) is 10.2 Å². The maximum absolute atomic E-state index is 14.6. The predicted octanol–water partition coefficient (Wildman–Crippen LogP) is 2.62. The molecule has 0 bridgehead atoms. The van der Waals surface area contributed by atoms with E-state index in [-0.39, 0.29) is 11.8 Å². The smallest absolute Gasteiger partial charge is 0.223 e. The minimum absolute atomic E-state index is 0.283. The van der Waals surface area contributed by atoms with E-state index in [1.54, 1.807) is 35.5 Å². The monoisotopic (exact) mass is 508 g/mol. The second kappa shape index (κ2) is 9.12. The molecule has 2 N–H and O–H groups in total. The third kappa shape index (κ3) is 4.06. The fourth-order valence-electron chi connectivity index (χ4n) is 4.65. The van der Waals surface area contributed by atoms with Crippen LogP contribution < -0.4 is 10.6 Å². The summed E-state index contributed by atoms with van der Waals surface area (Å²) in [6.45, 7) is 4.55. The first-order chi connectivity index (χ1) is 17.5. The molecule has 0 saturated carbocycles. The van der Waals surface area contributed by atoms with Crippen molar-refractivity contribution in [3.63, 3.8) is 0 Å². The maximum Gasteiger partial charge on any atom is 0.223 e. The number of nitrogen functional groups attached to an aromatic ring is 1. The lowest BCUT2D eigenvalue weighted by atomic mass is 10.2. The number of furan rings is 1. The largest absolute Gasteiger partial charge is 0.612 e. The molecule has 12 heteroatoms. The molecule has 0 aliphatic carbocycles. The highest BCUT2D eigenvalue weighted by atomic mass is 32.2. The number of anilines is 2. The Morgan fingerprint density at radius 3 is 2.69 bits per heavy atom. The number of imidazole rings is 1. The number of aromatic nitrogens is 5. The average molecular weight is 509 g/mol. The second-order valence-corrected chi connectivity index (χ2v) is 10.2. The zero-order valence-corrected chi connectivity index (χ0v) is 20.5. The normalized spacial score (nSPS) is 15.8. The summed E-state index contributed by atoms with van der Waals surface area (Å²) in [6, 6.07) is 10.4. The summed E-state index contributed by atoms with van der Waals surface area (Å²) in [6.07, 6.45) is 4.94. The lowest BCUT2D eigenvalue weighted by molar-refractivity contribution is 0.248. The van der Waals surface area contributed by atoms with E-state index in [1.165, 1.54) is 6.07 Å². The van der Waals surface area contributed by atoms with Crippen LogP contribution in [0.2, 0.25) is 0 Å². The molecule has 186 valence electrons. The van der Waals surface area contributed by atoms with Crippen molar-refractivity contribution in [2.75, 3.05) is 49.6 Å². The van der Waals surface area contributed by atoms with Crippen molar-refractivity contribution in [3.05, 3.63) is 54.8 Å². The first kappa shape index (κ1) is 22.8. The number of nitrogens with two attached hydrogens (primary N) is 1. The number of nitrogens with zero attached hydrogens (tertiary/aromatic N) is 7. The first-order valence-corrected chi connectivity index (χ1v) is 13.2. The third-order valence-corrected chi connectivity index (χ3v) is 7.51. The summed E-state index contributed by atoms with van der Waals surface area (Å²) in [4.78, 5) is 14.0. The van der Waals surface area contributed by atoms with E-state index in [0.717, 1.165) is 30.7 Å². The Labute approximate surface area is 209 Å². The zero-order valence-electron chi connectivity index (χ0n) is 19.7. The Morgan fingerprint density at radius 2 is 1.97 bits per heavy atom. The molecule has 1 unspecified atom stereocenters. The van der Waals surface area contributed by atoms with Crippen molar-refractivity contribution in [2.45, 2.75) is 11.4 Å². The molecule has 0 radical (unpaired) electrons. The minimum atomic E-state index is -1.20. The molecule has 6 rings (SSSR count). The number of hydrogen-bond donors (Lipinski definition) is 1. The number of halogens is 1. The number of piperazine rings is 1. The molecule has 0 amide bonds. The van der Waals surface area contributed by atoms with Crippen LogP contribution in [0, 0.1) is 5.82 Å². The maximum atomic E-state index is 14.6. The SMILES string of the molecule is C[S+]([O-])c1ccc(N2CCN(CCn3cnc4c3nc(N)n3nc(-c5ccco5)cc43)CC2)c(F)c1. The van der Waals surface area contributed by atoms with Crippen LogP contribution in [0.3, 0.4) is 0 Å². The molecule has 4 aromatic heterocycles. The standard InChI is InChI=1S/C24H25FN8O2S/c1-36(34)16-4-5-19(17(25)13-16)31-9-6-30(7-10-31)8-11-32-15-27-22-20-14-18(21-3-2-12-35-21)29-33(20)24(26)28-23(22)32/h2-5,12-15H,6-11H2,1H3,(H2,26,28). The van der Waals surface area contributed by atoms with Gasteiger partial charge in [-0.2, -0.15) is 14.6 Å². The van der Waals surface area contributed by atoms with Gasteiger partial charge in [-0.3, -0.25) is 4.90 Å². The van der Waals surface area contributed by atoms with Gasteiger partial charge in [-0.25, -0.2) is 9.37 Å². The first-order valence-electron chi connectivity index (χ1n) is 11.6. The van der Waals surface area contributed by atoms with Gasteiger partial charge in [0, 0.05) is 45.3 Å². The fourth-order valence-corrected chi connectivity index (χ4v) is 5.18. The minimum Gasteiger partial charge on any atom is -0.612 e. The molecule has 5 aromatic rings. The molecule has 10 nitrogen and oxygen atoms in total. The summed E-state index contributed by atoms with van der Waals surface area (Å²) >= 11 is -1.20. The van der Waals surface area contributed by atoms with Crippen LogP contribution in [-0.2, 0) is 17.7 Å². The molecule has 0 spiro atoms. The van der Waals surface area contributed by atoms with Crippen molar-refractivity contribution < 1.29 is 13.4 Å². The van der Waals surface area contributed by atoms with Gasteiger partial charge in [0.15, 0.2) is 22.1 Å². The van der Waals surface area contributed by atoms with Gasteiger partial charge in [0.2, 0.25) is 5.95 Å². The van der Waals surface area contributed by atoms with E-state index in [9.17, 15) is 8.94 Å². The van der Waals surface area contributed by atoms with E-state index < -0.39 is 11.2 Å². The third-order valence-electron chi connectivity index (χ3n) is 6.59. The van der Waals surface area contributed by atoms with E-state index in [0.29, 0.717) is 47.3 Å². The van der Waals surface area contributed by atoms with E-state index >= 15 is 0 Å². The highest BCUT2D eigenvalue weighted by molar-refractivity contribution is 7.90. The Morgan fingerprint density at radius 1 is 1.14 bits per heavy atom. The van der Waals surface area contributed by atoms with Crippen LogP contribution in [-0.4, -0.2) is 72.6 Å². The van der Waals surface area contributed by atoms with Gasteiger partial charge in [0.1, 0.15) is 23.0 Å². The zero-order chi connectivity index (χ0) is 24.8. The summed E-state index contributed by atoms with van der Waals surface area (Å²) in [5.41, 5.74) is 9.66. The van der Waals surface area contributed by atoms with Gasteiger partial charge in [-0.15, -0.1) is 0 Å². The van der Waals surface area contributed by atoms with Gasteiger partial charge >= 0.3 is 0 Å². The Kier molecular flexibility index (Phi) is 5.78. The molecule has 1 aliphatic rings. The lowest BCUT2D eigenvalue weighted by Crippen LogP contribution is -2.47. The van der Waals surface area contributed by atoms with Gasteiger partial charge in [0.25, 0.3) is 0 Å². The van der Waals surface area contributed by atoms with E-state index in [2.05, 4.69) is 20.0 Å². The number of benzene rings is 1. The Hall–Kier alpha value is -3.61. The van der Waals surface area contributed by atoms with Gasteiger partial charge in [-0.05, 0) is 41.5 Å². The fraction of sp³-hybridized carbons (Fsp3) is 0.292. The number of fused-ring (bicyclic) bond motifs is 3. The summed E-state index contributed by atoms with van der Waals surface area (Å²) < 4.78 is 35.2. The summed E-state index contributed by atoms with van der Waals surface area (Å²) in [5.74, 6) is 0.609. The molecule has 1 aromatic carbocycles. The molecule has 1 fully saturated rings. The lowest BCUT2D eigenvalue weighted by Gasteiger charge is -2.36. The second-order valence-electron chi connectivity index (χ2n) is 8.78. The number of rotatable bonds is 6. The van der Waals surface area contributed by atoms with Crippen molar-refractivity contribution in [1.29, 1.82) is 0 Å². The number of hydrogen-bond acceptors (Lipinski definition) is 8. The average Bonchev–Trinajstić information content (AvgIpc) is 3.63. The highest BCUT2D eigenvalue weighted by Crippen LogP contribution is 2.26. The molecule has 1 atom stereocenters. The van der Waals surface area contributed by atoms with Crippen molar-refractivity contribution in [1.82, 2.24) is 29.0 Å². The summed E-state index contributed by atoms with van der Waals surface area (Å²) in [7, 11) is 0. The Balaban J connectivity index is 1.14. The molecule has 1 saturated heterocycles. The summed E-state index contributed by atoms with van der Waals surface area (Å²) in [5, 5.41) is 4.52. The van der Waals surface area contributed by atoms with Crippen molar-refractivity contribution in [3.8, 4) is 11.5 Å². The van der Waals surface area contributed by atoms with Crippen LogP contribution in [0.4, 0.5) is 16.0 Å². The molecular weight excluding hydrogens is 483 g/mol. The van der Waals surface area contributed by atoms with Gasteiger partial charge in [0.05, 0.1) is 18.3 Å². The molecule has 36 heavy (non-hydrogen) atoms. The highest BCUT2D eigenvalue weighted by Gasteiger charge is 2.22. The van der Waals surface area contributed by atoms with Crippen LogP contribution in [0.1, 0.15) is 0 Å². The van der Waals surface area contributed by atoms with Crippen LogP contribution >= 0.6 is 0 Å². The van der Waals surface area contributed by atoms with Gasteiger partial charge < -0.3 is 24.2 Å². The van der Waals surface area contributed by atoms with Crippen molar-refractivity contribution >= 4 is 39.5 Å².